The van der Waals surface area contributed by atoms with Gasteiger partial charge in [-0.3, -0.25) is 14.4 Å². The van der Waals surface area contributed by atoms with Gasteiger partial charge < -0.3 is 4.98 Å². The third kappa shape index (κ3) is 2.34. The van der Waals surface area contributed by atoms with Gasteiger partial charge in [0.2, 0.25) is 0 Å². The predicted octanol–water partition coefficient (Wildman–Crippen LogP) is 3.96. The van der Waals surface area contributed by atoms with E-state index in [0.717, 1.165) is 15.7 Å². The summed E-state index contributed by atoms with van der Waals surface area (Å²) in [5, 5.41) is 2.28. The number of carbonyl (C=O) groups is 2. The second-order valence-electron chi connectivity index (χ2n) is 6.71. The molecule has 4 aromatic rings. The van der Waals surface area contributed by atoms with E-state index in [9.17, 15) is 14.4 Å². The quantitative estimate of drug-likeness (QED) is 0.417. The van der Waals surface area contributed by atoms with Crippen molar-refractivity contribution in [2.24, 2.45) is 0 Å². The van der Waals surface area contributed by atoms with Crippen LogP contribution in [-0.2, 0) is 0 Å². The van der Waals surface area contributed by atoms with E-state index in [1.807, 2.05) is 24.5 Å². The second-order valence-corrected chi connectivity index (χ2v) is 7.56. The molecule has 0 fully saturated rings. The number of hydrogen-bond acceptors (Lipinski definition) is 5. The first-order chi connectivity index (χ1) is 13.6. The lowest BCUT2D eigenvalue weighted by Crippen LogP contribution is -2.21. The molecule has 5 nitrogen and oxygen atoms in total. The molecule has 6 heteroatoms. The van der Waals surface area contributed by atoms with Crippen molar-refractivity contribution in [2.45, 2.75) is 10.8 Å². The molecule has 1 N–H and O–H groups in total. The minimum absolute atomic E-state index is 0.101. The van der Waals surface area contributed by atoms with E-state index in [1.54, 1.807) is 48.2 Å². The summed E-state index contributed by atoms with van der Waals surface area (Å²) >= 11 is 1.59. The summed E-state index contributed by atoms with van der Waals surface area (Å²) in [4.78, 5) is 46.7. The van der Waals surface area contributed by atoms with E-state index in [4.69, 9.17) is 0 Å². The first-order valence-electron chi connectivity index (χ1n) is 8.76. The SMILES string of the molecule is CSc1cccc2cc3c(cc12)C(=O)C(c1nc2ccccc2c(=O)[nH]1)C3=O. The number of carbonyl (C=O) groups excluding carboxylic acids is 2. The number of ketones is 2. The molecule has 1 heterocycles. The standard InChI is InChI=1S/C22H14N2O3S/c1-28-17-8-4-5-11-9-14-15(10-13(11)17)20(26)18(19(14)25)21-23-16-7-3-2-6-12(16)22(27)24-21/h2-10,18H,1H3,(H,23,24,27). The molecule has 0 saturated heterocycles. The topological polar surface area (TPSA) is 79.9 Å². The molecule has 0 spiro atoms. The Balaban J connectivity index is 1.71. The maximum Gasteiger partial charge on any atom is 0.258 e. The van der Waals surface area contributed by atoms with Gasteiger partial charge in [-0.05, 0) is 47.4 Å². The van der Waals surface area contributed by atoms with Crippen LogP contribution in [0.15, 0.2) is 64.3 Å². The van der Waals surface area contributed by atoms with Crippen LogP contribution in [0.1, 0.15) is 32.5 Å². The Kier molecular flexibility index (Phi) is 3.70. The molecule has 1 aliphatic rings. The Bertz CT molecular complexity index is 1370. The van der Waals surface area contributed by atoms with E-state index >= 15 is 0 Å². The third-order valence-electron chi connectivity index (χ3n) is 5.16. The van der Waals surface area contributed by atoms with E-state index in [-0.39, 0.29) is 23.0 Å². The Morgan fingerprint density at radius 3 is 2.43 bits per heavy atom. The number of H-pyrrole nitrogens is 1. The third-order valence-corrected chi connectivity index (χ3v) is 5.95. The summed E-state index contributed by atoms with van der Waals surface area (Å²) in [5.41, 5.74) is 0.885. The minimum Gasteiger partial charge on any atom is -0.309 e. The van der Waals surface area contributed by atoms with Crippen molar-refractivity contribution in [1.82, 2.24) is 9.97 Å². The van der Waals surface area contributed by atoms with Gasteiger partial charge in [0.15, 0.2) is 11.6 Å². The number of aromatic nitrogens is 2. The summed E-state index contributed by atoms with van der Waals surface area (Å²) < 4.78 is 0. The highest BCUT2D eigenvalue weighted by Gasteiger charge is 2.41. The molecule has 0 saturated carbocycles. The zero-order valence-corrected chi connectivity index (χ0v) is 15.7. The maximum absolute atomic E-state index is 13.1. The van der Waals surface area contributed by atoms with Gasteiger partial charge in [-0.2, -0.15) is 0 Å². The number of benzene rings is 3. The highest BCUT2D eigenvalue weighted by atomic mass is 32.2. The molecule has 3 aromatic carbocycles. The Hall–Kier alpha value is -3.25. The van der Waals surface area contributed by atoms with E-state index in [0.29, 0.717) is 22.0 Å². The van der Waals surface area contributed by atoms with E-state index < -0.39 is 5.92 Å². The maximum atomic E-state index is 13.1. The average Bonchev–Trinajstić information content (AvgIpc) is 2.95. The predicted molar refractivity (Wildman–Crippen MR) is 109 cm³/mol. The van der Waals surface area contributed by atoms with Crippen molar-refractivity contribution in [3.05, 3.63) is 81.9 Å². The van der Waals surface area contributed by atoms with Crippen LogP contribution in [-0.4, -0.2) is 27.8 Å². The molecule has 1 aliphatic carbocycles. The molecule has 136 valence electrons. The summed E-state index contributed by atoms with van der Waals surface area (Å²) in [6.07, 6.45) is 1.97. The van der Waals surface area contributed by atoms with Crippen molar-refractivity contribution < 1.29 is 9.59 Å². The average molecular weight is 386 g/mol. The summed E-state index contributed by atoms with van der Waals surface area (Å²) in [6.45, 7) is 0. The fourth-order valence-corrected chi connectivity index (χ4v) is 4.41. The number of aromatic amines is 1. The Morgan fingerprint density at radius 1 is 0.893 bits per heavy atom. The normalized spacial score (nSPS) is 16.1. The number of rotatable bonds is 2. The fraction of sp³-hybridized carbons (Fsp3) is 0.0909. The lowest BCUT2D eigenvalue weighted by Gasteiger charge is -2.07. The van der Waals surface area contributed by atoms with Crippen LogP contribution in [0, 0.1) is 0 Å². The van der Waals surface area contributed by atoms with Crippen LogP contribution in [0.5, 0.6) is 0 Å². The second kappa shape index (κ2) is 6.14. The number of hydrogen-bond donors (Lipinski definition) is 1. The number of para-hydroxylation sites is 1. The van der Waals surface area contributed by atoms with Crippen LogP contribution in [0.25, 0.3) is 21.7 Å². The van der Waals surface area contributed by atoms with E-state index in [2.05, 4.69) is 9.97 Å². The molecule has 0 radical (unpaired) electrons. The van der Waals surface area contributed by atoms with Gasteiger partial charge in [0.25, 0.3) is 5.56 Å². The van der Waals surface area contributed by atoms with Gasteiger partial charge in [0.05, 0.1) is 10.9 Å². The molecule has 1 unspecified atom stereocenters. The van der Waals surface area contributed by atoms with Gasteiger partial charge >= 0.3 is 0 Å². The fourth-order valence-electron chi connectivity index (χ4n) is 3.80. The van der Waals surface area contributed by atoms with Crippen LogP contribution in [0.2, 0.25) is 0 Å². The van der Waals surface area contributed by atoms with Gasteiger partial charge in [-0.25, -0.2) is 4.98 Å². The molecule has 0 aliphatic heterocycles. The van der Waals surface area contributed by atoms with Crippen molar-refractivity contribution >= 4 is 45.0 Å². The molecule has 5 rings (SSSR count). The largest absolute Gasteiger partial charge is 0.309 e. The molecule has 1 aromatic heterocycles. The highest BCUT2D eigenvalue weighted by Crippen LogP contribution is 2.37. The summed E-state index contributed by atoms with van der Waals surface area (Å²) in [5.74, 6) is -1.66. The lowest BCUT2D eigenvalue weighted by atomic mass is 10.0. The first kappa shape index (κ1) is 16.9. The summed E-state index contributed by atoms with van der Waals surface area (Å²) in [7, 11) is 0. The van der Waals surface area contributed by atoms with Gasteiger partial charge in [-0.15, -0.1) is 11.8 Å². The molecular weight excluding hydrogens is 372 g/mol. The number of nitrogens with zero attached hydrogens (tertiary/aromatic N) is 1. The van der Waals surface area contributed by atoms with Gasteiger partial charge in [0.1, 0.15) is 11.7 Å². The van der Waals surface area contributed by atoms with Gasteiger partial charge in [0, 0.05) is 16.0 Å². The number of Topliss-reactive ketones (excluding diaryl/α,β-unsaturated/α-hetero) is 2. The summed E-state index contributed by atoms with van der Waals surface area (Å²) in [6, 6.07) is 16.3. The monoisotopic (exact) mass is 386 g/mol. The zero-order valence-electron chi connectivity index (χ0n) is 14.9. The number of thioether (sulfide) groups is 1. The first-order valence-corrected chi connectivity index (χ1v) is 9.99. The smallest absolute Gasteiger partial charge is 0.258 e. The van der Waals surface area contributed by atoms with E-state index in [1.165, 1.54) is 0 Å². The van der Waals surface area contributed by atoms with Crippen LogP contribution in [0.3, 0.4) is 0 Å². The van der Waals surface area contributed by atoms with Crippen molar-refractivity contribution in [3.8, 4) is 0 Å². The van der Waals surface area contributed by atoms with Crippen molar-refractivity contribution in [2.75, 3.05) is 6.26 Å². The number of nitrogens with one attached hydrogen (secondary N) is 1. The molecular formula is C22H14N2O3S. The Morgan fingerprint density at radius 2 is 1.64 bits per heavy atom. The molecule has 28 heavy (non-hydrogen) atoms. The molecule has 0 bridgehead atoms. The molecule has 1 atom stereocenters. The highest BCUT2D eigenvalue weighted by molar-refractivity contribution is 7.98. The Labute approximate surface area is 163 Å². The van der Waals surface area contributed by atoms with Crippen LogP contribution >= 0.6 is 11.8 Å². The van der Waals surface area contributed by atoms with Crippen molar-refractivity contribution in [1.29, 1.82) is 0 Å². The van der Waals surface area contributed by atoms with Gasteiger partial charge in [-0.1, -0.05) is 24.3 Å². The zero-order chi connectivity index (χ0) is 19.4. The minimum atomic E-state index is -1.11. The van der Waals surface area contributed by atoms with Crippen LogP contribution < -0.4 is 5.56 Å². The lowest BCUT2D eigenvalue weighted by molar-refractivity contribution is 0.0885. The number of fused-ring (bicyclic) bond motifs is 3. The van der Waals surface area contributed by atoms with Crippen LogP contribution in [0.4, 0.5) is 0 Å². The molecule has 0 amide bonds. The van der Waals surface area contributed by atoms with Crippen molar-refractivity contribution in [3.63, 3.8) is 0 Å².